The SMILES string of the molecule is O=C(O)NS(=O)(=O)Oc1ccccc1. The van der Waals surface area contributed by atoms with Crippen LogP contribution in [0.2, 0.25) is 0 Å². The molecular weight excluding hydrogens is 210 g/mol. The summed E-state index contributed by atoms with van der Waals surface area (Å²) in [5, 5.41) is 8.16. The minimum Gasteiger partial charge on any atom is -0.464 e. The van der Waals surface area contributed by atoms with Gasteiger partial charge in [0.1, 0.15) is 5.75 Å². The Balaban J connectivity index is 2.74. The lowest BCUT2D eigenvalue weighted by atomic mass is 10.3. The molecule has 1 amide bonds. The van der Waals surface area contributed by atoms with Crippen molar-refractivity contribution in [2.75, 3.05) is 0 Å². The first-order valence-electron chi connectivity index (χ1n) is 3.50. The summed E-state index contributed by atoms with van der Waals surface area (Å²) in [6.45, 7) is 0. The van der Waals surface area contributed by atoms with Crippen LogP contribution >= 0.6 is 0 Å². The Morgan fingerprint density at radius 3 is 2.36 bits per heavy atom. The third-order valence-electron chi connectivity index (χ3n) is 1.16. The average Bonchev–Trinajstić information content (AvgIpc) is 2.02. The number of para-hydroxylation sites is 1. The Morgan fingerprint density at radius 2 is 1.86 bits per heavy atom. The Hall–Kier alpha value is -1.76. The molecule has 0 aromatic heterocycles. The van der Waals surface area contributed by atoms with Crippen molar-refractivity contribution in [3.63, 3.8) is 0 Å². The summed E-state index contributed by atoms with van der Waals surface area (Å²) in [7, 11) is -4.28. The summed E-state index contributed by atoms with van der Waals surface area (Å²) in [6, 6.07) is 7.57. The number of rotatable bonds is 3. The molecule has 14 heavy (non-hydrogen) atoms. The lowest BCUT2D eigenvalue weighted by Gasteiger charge is -2.04. The average molecular weight is 217 g/mol. The van der Waals surface area contributed by atoms with Crippen LogP contribution in [0.1, 0.15) is 0 Å². The largest absolute Gasteiger partial charge is 0.464 e. The van der Waals surface area contributed by atoms with Crippen LogP contribution in [0.15, 0.2) is 30.3 Å². The van der Waals surface area contributed by atoms with Crippen LogP contribution in [0.4, 0.5) is 4.79 Å². The molecule has 2 N–H and O–H groups in total. The highest BCUT2D eigenvalue weighted by Gasteiger charge is 2.14. The molecule has 0 atom stereocenters. The van der Waals surface area contributed by atoms with Gasteiger partial charge in [0.05, 0.1) is 0 Å². The van der Waals surface area contributed by atoms with Gasteiger partial charge in [-0.15, -0.1) is 0 Å². The van der Waals surface area contributed by atoms with Crippen LogP contribution in [-0.4, -0.2) is 19.6 Å². The Morgan fingerprint density at radius 1 is 1.29 bits per heavy atom. The molecule has 1 aromatic carbocycles. The van der Waals surface area contributed by atoms with E-state index in [1.54, 1.807) is 18.2 Å². The number of hydrogen-bond acceptors (Lipinski definition) is 4. The van der Waals surface area contributed by atoms with Crippen molar-refractivity contribution >= 4 is 16.4 Å². The van der Waals surface area contributed by atoms with Crippen molar-refractivity contribution < 1.29 is 22.5 Å². The zero-order valence-corrected chi connectivity index (χ0v) is 7.69. The van der Waals surface area contributed by atoms with Crippen LogP contribution in [0.25, 0.3) is 0 Å². The zero-order chi connectivity index (χ0) is 10.6. The van der Waals surface area contributed by atoms with Gasteiger partial charge in [-0.1, -0.05) is 18.2 Å². The highest BCUT2D eigenvalue weighted by atomic mass is 32.2. The fourth-order valence-corrected chi connectivity index (χ4v) is 1.35. The lowest BCUT2D eigenvalue weighted by Crippen LogP contribution is -2.32. The Labute approximate surface area is 80.4 Å². The van der Waals surface area contributed by atoms with E-state index in [1.807, 2.05) is 0 Å². The third kappa shape index (κ3) is 3.31. The number of hydrogen-bond donors (Lipinski definition) is 2. The maximum Gasteiger partial charge on any atom is 0.421 e. The van der Waals surface area contributed by atoms with Crippen LogP contribution in [0, 0.1) is 0 Å². The topological polar surface area (TPSA) is 92.7 Å². The fourth-order valence-electron chi connectivity index (χ4n) is 0.730. The molecule has 0 unspecified atom stereocenters. The van der Waals surface area contributed by atoms with Gasteiger partial charge in [0.25, 0.3) is 0 Å². The third-order valence-corrected chi connectivity index (χ3v) is 2.00. The molecule has 0 bridgehead atoms. The molecule has 76 valence electrons. The summed E-state index contributed by atoms with van der Waals surface area (Å²) in [4.78, 5) is 10.0. The van der Waals surface area contributed by atoms with Gasteiger partial charge < -0.3 is 9.29 Å². The van der Waals surface area contributed by atoms with E-state index in [-0.39, 0.29) is 5.75 Å². The zero-order valence-electron chi connectivity index (χ0n) is 6.88. The maximum absolute atomic E-state index is 10.9. The van der Waals surface area contributed by atoms with E-state index in [4.69, 9.17) is 5.11 Å². The number of nitrogens with one attached hydrogen (secondary N) is 1. The van der Waals surface area contributed by atoms with E-state index in [0.29, 0.717) is 0 Å². The lowest BCUT2D eigenvalue weighted by molar-refractivity contribution is 0.200. The molecule has 0 saturated heterocycles. The van der Waals surface area contributed by atoms with Gasteiger partial charge in [-0.2, -0.15) is 13.1 Å². The molecule has 0 saturated carbocycles. The molecule has 7 heteroatoms. The molecule has 1 rings (SSSR count). The molecule has 6 nitrogen and oxygen atoms in total. The second-order valence-corrected chi connectivity index (χ2v) is 3.54. The number of carbonyl (C=O) groups is 1. The summed E-state index contributed by atoms with van der Waals surface area (Å²) >= 11 is 0. The molecule has 0 aliphatic rings. The number of amides is 1. The van der Waals surface area contributed by atoms with Gasteiger partial charge in [-0.25, -0.2) is 4.79 Å². The van der Waals surface area contributed by atoms with Gasteiger partial charge in [0.15, 0.2) is 0 Å². The van der Waals surface area contributed by atoms with Crippen molar-refractivity contribution in [3.05, 3.63) is 30.3 Å². The minimum atomic E-state index is -4.28. The number of benzene rings is 1. The Kier molecular flexibility index (Phi) is 2.92. The first kappa shape index (κ1) is 10.3. The standard InChI is InChI=1S/C7H7NO5S/c9-7(10)8-14(11,12)13-6-4-2-1-3-5-6/h1-5,8H,(H,9,10). The van der Waals surface area contributed by atoms with Gasteiger partial charge in [0.2, 0.25) is 0 Å². The molecule has 0 spiro atoms. The van der Waals surface area contributed by atoms with E-state index < -0.39 is 16.4 Å². The summed E-state index contributed by atoms with van der Waals surface area (Å²) < 4.78 is 27.4. The quantitative estimate of drug-likeness (QED) is 0.772. The van der Waals surface area contributed by atoms with Gasteiger partial charge in [0, 0.05) is 0 Å². The summed E-state index contributed by atoms with van der Waals surface area (Å²) in [5.41, 5.74) is 0. The van der Waals surface area contributed by atoms with Crippen molar-refractivity contribution in [3.8, 4) is 5.75 Å². The predicted octanol–water partition coefficient (Wildman–Crippen LogP) is 0.578. The minimum absolute atomic E-state index is 0.0428. The highest BCUT2D eigenvalue weighted by molar-refractivity contribution is 7.85. The first-order valence-corrected chi connectivity index (χ1v) is 4.90. The Bertz CT molecular complexity index is 413. The molecule has 0 aliphatic carbocycles. The van der Waals surface area contributed by atoms with E-state index in [1.165, 1.54) is 16.9 Å². The second kappa shape index (κ2) is 3.97. The smallest absolute Gasteiger partial charge is 0.421 e. The molecule has 0 heterocycles. The monoisotopic (exact) mass is 217 g/mol. The van der Waals surface area contributed by atoms with Crippen molar-refractivity contribution in [1.29, 1.82) is 0 Å². The van der Waals surface area contributed by atoms with Crippen LogP contribution in [-0.2, 0) is 10.3 Å². The number of carboxylic acid groups (broad SMARTS) is 1. The highest BCUT2D eigenvalue weighted by Crippen LogP contribution is 2.10. The molecule has 0 radical (unpaired) electrons. The maximum atomic E-state index is 10.9. The predicted molar refractivity (Wildman–Crippen MR) is 47.2 cm³/mol. The van der Waals surface area contributed by atoms with Crippen LogP contribution in [0.3, 0.4) is 0 Å². The van der Waals surface area contributed by atoms with Crippen LogP contribution < -0.4 is 8.91 Å². The fraction of sp³-hybridized carbons (Fsp3) is 0. The molecule has 0 aliphatic heterocycles. The van der Waals surface area contributed by atoms with E-state index >= 15 is 0 Å². The first-order chi connectivity index (χ1) is 6.49. The van der Waals surface area contributed by atoms with Crippen molar-refractivity contribution in [2.24, 2.45) is 0 Å². The normalized spacial score (nSPS) is 10.6. The second-order valence-electron chi connectivity index (χ2n) is 2.26. The molecule has 1 aromatic rings. The van der Waals surface area contributed by atoms with Crippen molar-refractivity contribution in [2.45, 2.75) is 0 Å². The van der Waals surface area contributed by atoms with Gasteiger partial charge in [-0.3, -0.25) is 0 Å². The molecular formula is C7H7NO5S. The van der Waals surface area contributed by atoms with Gasteiger partial charge in [-0.05, 0) is 12.1 Å². The van der Waals surface area contributed by atoms with E-state index in [0.717, 1.165) is 0 Å². The molecule has 0 fully saturated rings. The van der Waals surface area contributed by atoms with Crippen molar-refractivity contribution in [1.82, 2.24) is 4.72 Å². The van der Waals surface area contributed by atoms with Gasteiger partial charge >= 0.3 is 16.4 Å². The van der Waals surface area contributed by atoms with E-state index in [2.05, 4.69) is 4.18 Å². The van der Waals surface area contributed by atoms with Crippen LogP contribution in [0.5, 0.6) is 5.75 Å². The summed E-state index contributed by atoms with van der Waals surface area (Å²) in [6.07, 6.45) is -1.69. The summed E-state index contributed by atoms with van der Waals surface area (Å²) in [5.74, 6) is 0.0428. The van der Waals surface area contributed by atoms with E-state index in [9.17, 15) is 13.2 Å².